The van der Waals surface area contributed by atoms with Crippen molar-refractivity contribution in [1.29, 1.82) is 0 Å². The first-order chi connectivity index (χ1) is 13.3. The van der Waals surface area contributed by atoms with Gasteiger partial charge in [-0.3, -0.25) is 23.9 Å². The van der Waals surface area contributed by atoms with Gasteiger partial charge in [-0.15, -0.1) is 0 Å². The van der Waals surface area contributed by atoms with E-state index < -0.39 is 11.2 Å². The lowest BCUT2D eigenvalue weighted by atomic mass is 9.76. The summed E-state index contributed by atoms with van der Waals surface area (Å²) in [5, 5.41) is 0. The van der Waals surface area contributed by atoms with Crippen LogP contribution in [0.5, 0.6) is 0 Å². The number of rotatable bonds is 2. The molecule has 1 fully saturated rings. The van der Waals surface area contributed by atoms with Gasteiger partial charge in [0.1, 0.15) is 12.4 Å². The molecule has 1 aliphatic carbocycles. The Bertz CT molecular complexity index is 1120. The van der Waals surface area contributed by atoms with Crippen LogP contribution in [0.1, 0.15) is 41.9 Å². The van der Waals surface area contributed by atoms with E-state index >= 15 is 0 Å². The van der Waals surface area contributed by atoms with Crippen LogP contribution in [-0.4, -0.2) is 43.4 Å². The third-order valence-electron chi connectivity index (χ3n) is 6.06. The summed E-state index contributed by atoms with van der Waals surface area (Å²) in [7, 11) is 0. The van der Waals surface area contributed by atoms with Crippen molar-refractivity contribution in [3.63, 3.8) is 0 Å². The summed E-state index contributed by atoms with van der Waals surface area (Å²) in [6.45, 7) is 4.40. The van der Waals surface area contributed by atoms with Crippen LogP contribution in [0.15, 0.2) is 20.6 Å². The number of hydrogen-bond acceptors (Lipinski definition) is 5. The number of aryl methyl sites for hydroxylation is 2. The Morgan fingerprint density at radius 2 is 1.82 bits per heavy atom. The highest BCUT2D eigenvalue weighted by molar-refractivity contribution is 5.76. The molecular weight excluding hydrogens is 362 g/mol. The maximum absolute atomic E-state index is 12.7. The van der Waals surface area contributed by atoms with Crippen molar-refractivity contribution in [2.24, 2.45) is 0 Å². The summed E-state index contributed by atoms with van der Waals surface area (Å²) < 4.78 is 1.23. The van der Waals surface area contributed by atoms with Crippen molar-refractivity contribution in [3.8, 4) is 0 Å². The van der Waals surface area contributed by atoms with E-state index in [2.05, 4.69) is 15.0 Å². The van der Waals surface area contributed by atoms with Crippen molar-refractivity contribution in [2.75, 3.05) is 13.1 Å². The second kappa shape index (κ2) is 6.57. The van der Waals surface area contributed by atoms with Gasteiger partial charge in [0.25, 0.3) is 11.1 Å². The standard InChI is InChI=1S/C19H23N5O4/c1-11-9-24(18(28)22-16(11)26)10-14(25)23-7-5-19(6-8-23)4-3-13-15(19)20-12(2)21-17(13)27/h9H,3-8,10H2,1-2H3,(H,20,21,27)(H,22,26,28). The Hall–Kier alpha value is -2.97. The number of aromatic amines is 2. The lowest BCUT2D eigenvalue weighted by Crippen LogP contribution is -2.47. The highest BCUT2D eigenvalue weighted by atomic mass is 16.2. The van der Waals surface area contributed by atoms with E-state index in [9.17, 15) is 19.2 Å². The van der Waals surface area contributed by atoms with Crippen LogP contribution < -0.4 is 16.8 Å². The van der Waals surface area contributed by atoms with E-state index in [0.717, 1.165) is 36.9 Å². The fourth-order valence-corrected chi connectivity index (χ4v) is 4.42. The molecule has 4 rings (SSSR count). The van der Waals surface area contributed by atoms with Crippen molar-refractivity contribution >= 4 is 5.91 Å². The summed E-state index contributed by atoms with van der Waals surface area (Å²) in [5.74, 6) is 0.466. The first-order valence-corrected chi connectivity index (χ1v) is 9.47. The number of nitrogens with one attached hydrogen (secondary N) is 2. The first-order valence-electron chi connectivity index (χ1n) is 9.47. The van der Waals surface area contributed by atoms with Gasteiger partial charge in [-0.25, -0.2) is 9.78 Å². The van der Waals surface area contributed by atoms with Gasteiger partial charge >= 0.3 is 5.69 Å². The topological polar surface area (TPSA) is 121 Å². The van der Waals surface area contributed by atoms with Crippen LogP contribution in [-0.2, 0) is 23.2 Å². The third kappa shape index (κ3) is 3.00. The Kier molecular flexibility index (Phi) is 4.32. The highest BCUT2D eigenvalue weighted by Crippen LogP contribution is 2.44. The quantitative estimate of drug-likeness (QED) is 0.738. The molecule has 148 valence electrons. The third-order valence-corrected chi connectivity index (χ3v) is 6.06. The molecular formula is C19H23N5O4. The van der Waals surface area contributed by atoms with E-state index in [1.165, 1.54) is 10.8 Å². The summed E-state index contributed by atoms with van der Waals surface area (Å²) >= 11 is 0. The largest absolute Gasteiger partial charge is 0.341 e. The van der Waals surface area contributed by atoms with E-state index in [0.29, 0.717) is 24.5 Å². The lowest BCUT2D eigenvalue weighted by molar-refractivity contribution is -0.133. The minimum atomic E-state index is -0.582. The molecule has 0 bridgehead atoms. The number of piperidine rings is 1. The SMILES string of the molecule is Cc1nc2c(c(=O)[nH]1)CCC21CCN(C(=O)Cn2cc(C)c(=O)[nH]c2=O)CC1. The monoisotopic (exact) mass is 385 g/mol. The molecule has 2 N–H and O–H groups in total. The molecule has 2 aliphatic rings. The molecule has 1 aliphatic heterocycles. The number of hydrogen-bond donors (Lipinski definition) is 2. The number of carbonyl (C=O) groups excluding carboxylic acids is 1. The van der Waals surface area contributed by atoms with Crippen molar-refractivity contribution < 1.29 is 4.79 Å². The molecule has 2 aromatic heterocycles. The molecule has 0 radical (unpaired) electrons. The number of likely N-dealkylation sites (tertiary alicyclic amines) is 1. The van der Waals surface area contributed by atoms with Crippen LogP contribution >= 0.6 is 0 Å². The van der Waals surface area contributed by atoms with Gasteiger partial charge in [-0.2, -0.15) is 0 Å². The second-order valence-corrected chi connectivity index (χ2v) is 7.84. The van der Waals surface area contributed by atoms with E-state index in [4.69, 9.17) is 0 Å². The number of H-pyrrole nitrogens is 2. The van der Waals surface area contributed by atoms with E-state index in [1.807, 2.05) is 0 Å². The molecule has 9 heteroatoms. The van der Waals surface area contributed by atoms with Gasteiger partial charge in [0, 0.05) is 35.8 Å². The Morgan fingerprint density at radius 3 is 2.54 bits per heavy atom. The molecule has 1 saturated heterocycles. The zero-order chi connectivity index (χ0) is 20.1. The van der Waals surface area contributed by atoms with Crippen LogP contribution in [0, 0.1) is 13.8 Å². The Labute approximate surface area is 160 Å². The summed E-state index contributed by atoms with van der Waals surface area (Å²) in [4.78, 5) is 59.6. The van der Waals surface area contributed by atoms with Crippen LogP contribution in [0.4, 0.5) is 0 Å². The molecule has 3 heterocycles. The van der Waals surface area contributed by atoms with Gasteiger partial charge in [0.2, 0.25) is 5.91 Å². The van der Waals surface area contributed by atoms with Gasteiger partial charge in [-0.1, -0.05) is 0 Å². The van der Waals surface area contributed by atoms with Gasteiger partial charge in [0.05, 0.1) is 5.69 Å². The molecule has 1 amide bonds. The molecule has 1 spiro atoms. The first kappa shape index (κ1) is 18.4. The number of nitrogens with zero attached hydrogens (tertiary/aromatic N) is 3. The zero-order valence-electron chi connectivity index (χ0n) is 16.0. The maximum Gasteiger partial charge on any atom is 0.328 e. The van der Waals surface area contributed by atoms with Crippen LogP contribution in [0.3, 0.4) is 0 Å². The van der Waals surface area contributed by atoms with Crippen LogP contribution in [0.2, 0.25) is 0 Å². The predicted molar refractivity (Wildman–Crippen MR) is 101 cm³/mol. The van der Waals surface area contributed by atoms with Gasteiger partial charge < -0.3 is 9.88 Å². The van der Waals surface area contributed by atoms with E-state index in [-0.39, 0.29) is 23.4 Å². The highest BCUT2D eigenvalue weighted by Gasteiger charge is 2.44. The molecule has 9 nitrogen and oxygen atoms in total. The van der Waals surface area contributed by atoms with Gasteiger partial charge in [0.15, 0.2) is 0 Å². The normalized spacial score (nSPS) is 17.7. The van der Waals surface area contributed by atoms with E-state index in [1.54, 1.807) is 18.7 Å². The smallest absolute Gasteiger partial charge is 0.328 e. The molecule has 28 heavy (non-hydrogen) atoms. The molecule has 0 unspecified atom stereocenters. The van der Waals surface area contributed by atoms with Crippen molar-refractivity contribution in [3.05, 3.63) is 60.0 Å². The summed E-state index contributed by atoms with van der Waals surface area (Å²) in [6.07, 6.45) is 4.51. The van der Waals surface area contributed by atoms with Crippen molar-refractivity contribution in [1.82, 2.24) is 24.4 Å². The maximum atomic E-state index is 12.7. The Balaban J connectivity index is 1.49. The zero-order valence-corrected chi connectivity index (χ0v) is 16.0. The lowest BCUT2D eigenvalue weighted by Gasteiger charge is -2.39. The number of fused-ring (bicyclic) bond motifs is 2. The minimum absolute atomic E-state index is 0.0503. The molecule has 0 atom stereocenters. The molecule has 2 aromatic rings. The van der Waals surface area contributed by atoms with Crippen molar-refractivity contribution in [2.45, 2.75) is 51.5 Å². The predicted octanol–water partition coefficient (Wildman–Crippen LogP) is -0.257. The average molecular weight is 385 g/mol. The molecule has 0 saturated carbocycles. The Morgan fingerprint density at radius 1 is 1.11 bits per heavy atom. The number of carbonyl (C=O) groups is 1. The molecule has 0 aromatic carbocycles. The van der Waals surface area contributed by atoms with Crippen LogP contribution in [0.25, 0.3) is 0 Å². The minimum Gasteiger partial charge on any atom is -0.341 e. The number of amides is 1. The fourth-order valence-electron chi connectivity index (χ4n) is 4.42. The average Bonchev–Trinajstić information content (AvgIpc) is 2.98. The summed E-state index contributed by atoms with van der Waals surface area (Å²) in [5.41, 5.74) is 0.850. The second-order valence-electron chi connectivity index (χ2n) is 7.84. The van der Waals surface area contributed by atoms with Gasteiger partial charge in [-0.05, 0) is 39.5 Å². The number of aromatic nitrogens is 4. The fraction of sp³-hybridized carbons (Fsp3) is 0.526. The summed E-state index contributed by atoms with van der Waals surface area (Å²) in [6, 6.07) is 0.